The van der Waals surface area contributed by atoms with Crippen LogP contribution in [0.1, 0.15) is 174 Å². The molecule has 1 amide bonds. The fourth-order valence-electron chi connectivity index (χ4n) is 5.43. The second-order valence-corrected chi connectivity index (χ2v) is 12.6. The molecule has 0 aromatic carbocycles. The third-order valence-corrected chi connectivity index (χ3v) is 8.42. The van der Waals surface area contributed by atoms with E-state index >= 15 is 0 Å². The molecule has 0 heterocycles. The summed E-state index contributed by atoms with van der Waals surface area (Å²) in [6.45, 7) is 3.98. The predicted octanol–water partition coefficient (Wildman–Crippen LogP) is 8.45. The van der Waals surface area contributed by atoms with Crippen LogP contribution in [0.5, 0.6) is 0 Å². The van der Waals surface area contributed by atoms with Crippen molar-refractivity contribution in [3.8, 4) is 0 Å². The zero-order valence-corrected chi connectivity index (χ0v) is 28.2. The summed E-state index contributed by atoms with van der Waals surface area (Å²) in [4.78, 5) is 12.4. The van der Waals surface area contributed by atoms with Crippen molar-refractivity contribution in [2.45, 2.75) is 199 Å². The SMILES string of the molecule is CCCCC/C=C\C/C=C\CCCCCCCCC(O)C(=O)NC(CO)C(O)C(O)CCCCCCCCCCCCC. The minimum Gasteiger partial charge on any atom is -0.394 e. The molecule has 6 heteroatoms. The van der Waals surface area contributed by atoms with Crippen molar-refractivity contribution in [1.82, 2.24) is 5.32 Å². The number of carbonyl (C=O) groups excluding carboxylic acids is 1. The second-order valence-electron chi connectivity index (χ2n) is 12.6. The molecule has 0 aliphatic rings. The molecule has 5 N–H and O–H groups in total. The molecule has 6 nitrogen and oxygen atoms in total. The molecule has 0 aliphatic carbocycles. The predicted molar refractivity (Wildman–Crippen MR) is 182 cm³/mol. The second kappa shape index (κ2) is 32.2. The van der Waals surface area contributed by atoms with E-state index in [0.717, 1.165) is 57.8 Å². The van der Waals surface area contributed by atoms with Gasteiger partial charge in [0.2, 0.25) is 5.91 Å². The number of allylic oxidation sites excluding steroid dienone is 4. The first kappa shape index (κ1) is 41.8. The van der Waals surface area contributed by atoms with Crippen LogP contribution in [0.25, 0.3) is 0 Å². The Kier molecular flexibility index (Phi) is 31.3. The molecular weight excluding hydrogens is 538 g/mol. The van der Waals surface area contributed by atoms with Gasteiger partial charge in [0.05, 0.1) is 18.8 Å². The van der Waals surface area contributed by atoms with E-state index in [-0.39, 0.29) is 0 Å². The highest BCUT2D eigenvalue weighted by Gasteiger charge is 2.28. The number of hydrogen-bond acceptors (Lipinski definition) is 5. The van der Waals surface area contributed by atoms with Crippen LogP contribution >= 0.6 is 0 Å². The standard InChI is InChI=1S/C37H71NO5/c1-3-5-7-9-11-13-15-16-17-18-19-21-23-25-27-29-31-35(41)37(43)38-33(32-39)36(42)34(40)30-28-26-24-22-20-14-12-10-8-6-4-2/h11,13,16-17,33-36,39-42H,3-10,12,14-15,18-32H2,1-2H3,(H,38,43)/b13-11-,17-16-. The van der Waals surface area contributed by atoms with Crippen molar-refractivity contribution < 1.29 is 25.2 Å². The summed E-state index contributed by atoms with van der Waals surface area (Å²) in [6.07, 6.45) is 33.3. The smallest absolute Gasteiger partial charge is 0.249 e. The van der Waals surface area contributed by atoms with E-state index in [1.165, 1.54) is 89.9 Å². The largest absolute Gasteiger partial charge is 0.394 e. The first-order chi connectivity index (χ1) is 21.0. The van der Waals surface area contributed by atoms with E-state index < -0.39 is 36.9 Å². The minimum atomic E-state index is -1.26. The summed E-state index contributed by atoms with van der Waals surface area (Å²) < 4.78 is 0. The van der Waals surface area contributed by atoms with Crippen molar-refractivity contribution >= 4 is 5.91 Å². The Morgan fingerprint density at radius 2 is 1.00 bits per heavy atom. The molecule has 254 valence electrons. The number of aliphatic hydroxyl groups is 4. The van der Waals surface area contributed by atoms with Gasteiger partial charge in [-0.05, 0) is 44.9 Å². The molecule has 0 fully saturated rings. The molecule has 4 atom stereocenters. The highest BCUT2D eigenvalue weighted by molar-refractivity contribution is 5.80. The van der Waals surface area contributed by atoms with Crippen LogP contribution in [0.3, 0.4) is 0 Å². The molecular formula is C37H71NO5. The van der Waals surface area contributed by atoms with Crippen LogP contribution < -0.4 is 5.32 Å². The van der Waals surface area contributed by atoms with Gasteiger partial charge in [-0.15, -0.1) is 0 Å². The van der Waals surface area contributed by atoms with E-state index in [1.807, 2.05) is 0 Å². The molecule has 0 saturated carbocycles. The molecule has 0 saturated heterocycles. The van der Waals surface area contributed by atoms with Gasteiger partial charge in [-0.25, -0.2) is 0 Å². The van der Waals surface area contributed by atoms with Crippen LogP contribution in [0, 0.1) is 0 Å². The Labute approximate surface area is 265 Å². The van der Waals surface area contributed by atoms with Crippen molar-refractivity contribution in [3.05, 3.63) is 24.3 Å². The maximum atomic E-state index is 12.4. The summed E-state index contributed by atoms with van der Waals surface area (Å²) in [7, 11) is 0. The number of carbonyl (C=O) groups is 1. The van der Waals surface area contributed by atoms with Crippen molar-refractivity contribution in [2.24, 2.45) is 0 Å². The summed E-state index contributed by atoms with van der Waals surface area (Å²) in [6, 6.07) is -0.985. The van der Waals surface area contributed by atoms with Crippen LogP contribution in [0.15, 0.2) is 24.3 Å². The molecule has 0 aliphatic heterocycles. The fourth-order valence-corrected chi connectivity index (χ4v) is 5.43. The molecule has 0 rings (SSSR count). The van der Waals surface area contributed by atoms with Crippen LogP contribution in [-0.2, 0) is 4.79 Å². The maximum absolute atomic E-state index is 12.4. The van der Waals surface area contributed by atoms with Gasteiger partial charge in [-0.3, -0.25) is 4.79 Å². The first-order valence-corrected chi connectivity index (χ1v) is 18.2. The molecule has 0 aromatic heterocycles. The highest BCUT2D eigenvalue weighted by atomic mass is 16.3. The zero-order chi connectivity index (χ0) is 31.8. The Morgan fingerprint density at radius 1 is 0.581 bits per heavy atom. The average molecular weight is 610 g/mol. The zero-order valence-electron chi connectivity index (χ0n) is 28.2. The van der Waals surface area contributed by atoms with Gasteiger partial charge in [0.1, 0.15) is 12.2 Å². The Balaban J connectivity index is 3.85. The minimum absolute atomic E-state index is 0.357. The van der Waals surface area contributed by atoms with E-state index in [0.29, 0.717) is 12.8 Å². The average Bonchev–Trinajstić information content (AvgIpc) is 3.01. The van der Waals surface area contributed by atoms with Gasteiger partial charge in [0.25, 0.3) is 0 Å². The Morgan fingerprint density at radius 3 is 1.51 bits per heavy atom. The number of aliphatic hydroxyl groups excluding tert-OH is 4. The fraction of sp³-hybridized carbons (Fsp3) is 0.865. The monoisotopic (exact) mass is 610 g/mol. The topological polar surface area (TPSA) is 110 Å². The lowest BCUT2D eigenvalue weighted by Gasteiger charge is -2.27. The Hall–Kier alpha value is -1.21. The quantitative estimate of drug-likeness (QED) is 0.0388. The Bertz CT molecular complexity index is 653. The van der Waals surface area contributed by atoms with Gasteiger partial charge >= 0.3 is 0 Å². The van der Waals surface area contributed by atoms with Gasteiger partial charge in [0.15, 0.2) is 0 Å². The third kappa shape index (κ3) is 26.9. The summed E-state index contributed by atoms with van der Waals surface area (Å²) in [5.41, 5.74) is 0. The van der Waals surface area contributed by atoms with E-state index in [2.05, 4.69) is 43.5 Å². The lowest BCUT2D eigenvalue weighted by atomic mass is 9.99. The molecule has 0 radical (unpaired) electrons. The van der Waals surface area contributed by atoms with E-state index in [1.54, 1.807) is 0 Å². The molecule has 0 aromatic rings. The lowest BCUT2D eigenvalue weighted by Crippen LogP contribution is -2.53. The first-order valence-electron chi connectivity index (χ1n) is 18.2. The molecule has 4 unspecified atom stereocenters. The lowest BCUT2D eigenvalue weighted by molar-refractivity contribution is -0.132. The number of unbranched alkanes of at least 4 members (excludes halogenated alkanes) is 19. The molecule has 43 heavy (non-hydrogen) atoms. The molecule has 0 spiro atoms. The van der Waals surface area contributed by atoms with E-state index in [9.17, 15) is 25.2 Å². The van der Waals surface area contributed by atoms with Gasteiger partial charge in [0, 0.05) is 0 Å². The van der Waals surface area contributed by atoms with Crippen LogP contribution in [0.4, 0.5) is 0 Å². The van der Waals surface area contributed by atoms with Gasteiger partial charge in [-0.2, -0.15) is 0 Å². The normalized spacial score (nSPS) is 14.8. The van der Waals surface area contributed by atoms with Gasteiger partial charge < -0.3 is 25.7 Å². The molecule has 0 bridgehead atoms. The van der Waals surface area contributed by atoms with Gasteiger partial charge in [-0.1, -0.05) is 154 Å². The third-order valence-electron chi connectivity index (χ3n) is 8.42. The van der Waals surface area contributed by atoms with Crippen LogP contribution in [-0.4, -0.2) is 57.3 Å². The number of hydrogen-bond donors (Lipinski definition) is 5. The summed E-state index contributed by atoms with van der Waals surface area (Å²) in [5.74, 6) is -0.595. The number of amides is 1. The van der Waals surface area contributed by atoms with Crippen molar-refractivity contribution in [2.75, 3.05) is 6.61 Å². The van der Waals surface area contributed by atoms with Crippen molar-refractivity contribution in [1.29, 1.82) is 0 Å². The maximum Gasteiger partial charge on any atom is 0.249 e. The summed E-state index contributed by atoms with van der Waals surface area (Å²) in [5, 5.41) is 43.4. The van der Waals surface area contributed by atoms with Crippen LogP contribution in [0.2, 0.25) is 0 Å². The highest BCUT2D eigenvalue weighted by Crippen LogP contribution is 2.15. The van der Waals surface area contributed by atoms with Crippen molar-refractivity contribution in [3.63, 3.8) is 0 Å². The number of nitrogens with one attached hydrogen (secondary N) is 1. The summed E-state index contributed by atoms with van der Waals surface area (Å²) >= 11 is 0. The number of rotatable bonds is 32. The van der Waals surface area contributed by atoms with E-state index in [4.69, 9.17) is 0 Å².